The molecule has 0 unspecified atom stereocenters. The number of hydrogen-bond acceptors (Lipinski definition) is 4. The van der Waals surface area contributed by atoms with Crippen molar-refractivity contribution < 1.29 is 9.53 Å². The van der Waals surface area contributed by atoms with Crippen molar-refractivity contribution in [3.63, 3.8) is 0 Å². The molecule has 0 aliphatic carbocycles. The van der Waals surface area contributed by atoms with Crippen LogP contribution in [-0.4, -0.2) is 33.8 Å². The van der Waals surface area contributed by atoms with Crippen molar-refractivity contribution in [1.29, 1.82) is 0 Å². The molecule has 0 bridgehead atoms. The van der Waals surface area contributed by atoms with Gasteiger partial charge in [-0.15, -0.1) is 0 Å². The van der Waals surface area contributed by atoms with E-state index in [1.807, 2.05) is 32.0 Å². The number of ether oxygens (including phenoxy) is 1. The van der Waals surface area contributed by atoms with E-state index in [-0.39, 0.29) is 12.5 Å². The first-order chi connectivity index (χ1) is 9.66. The fraction of sp³-hybridized carbons (Fsp3) is 0.357. The lowest BCUT2D eigenvalue weighted by Crippen LogP contribution is -2.31. The molecule has 1 heterocycles. The van der Waals surface area contributed by atoms with Crippen molar-refractivity contribution in [2.75, 3.05) is 13.2 Å². The van der Waals surface area contributed by atoms with E-state index >= 15 is 0 Å². The van der Waals surface area contributed by atoms with Crippen LogP contribution in [0.3, 0.4) is 0 Å². The smallest absolute Gasteiger partial charge is 0.258 e. The minimum absolute atomic E-state index is 0.0155. The van der Waals surface area contributed by atoms with Gasteiger partial charge in [0.25, 0.3) is 5.91 Å². The molecule has 6 heteroatoms. The Morgan fingerprint density at radius 2 is 2.25 bits per heavy atom. The number of carbonyl (C=O) groups excluding carboxylic acids is 1. The first-order valence-electron chi connectivity index (χ1n) is 6.45. The van der Waals surface area contributed by atoms with E-state index in [9.17, 15) is 4.79 Å². The molecule has 2 aromatic rings. The van der Waals surface area contributed by atoms with Crippen LogP contribution in [0, 0.1) is 13.8 Å². The van der Waals surface area contributed by atoms with Gasteiger partial charge in [-0.2, -0.15) is 5.10 Å². The molecule has 1 N–H and O–H groups in total. The number of nitrogens with zero attached hydrogens (tertiary/aromatic N) is 3. The van der Waals surface area contributed by atoms with Crippen LogP contribution in [0.4, 0.5) is 0 Å². The van der Waals surface area contributed by atoms with E-state index in [4.69, 9.17) is 4.74 Å². The molecule has 0 atom stereocenters. The fourth-order valence-corrected chi connectivity index (χ4v) is 1.73. The number of hydrogen-bond donors (Lipinski definition) is 1. The highest BCUT2D eigenvalue weighted by atomic mass is 16.5. The quantitative estimate of drug-likeness (QED) is 0.856. The maximum absolute atomic E-state index is 11.7. The van der Waals surface area contributed by atoms with Gasteiger partial charge in [0.15, 0.2) is 6.61 Å². The first-order valence-corrected chi connectivity index (χ1v) is 6.45. The predicted octanol–water partition coefficient (Wildman–Crippen LogP) is 1.09. The second-order valence-corrected chi connectivity index (χ2v) is 4.50. The van der Waals surface area contributed by atoms with Gasteiger partial charge in [-0.3, -0.25) is 9.48 Å². The van der Waals surface area contributed by atoms with E-state index in [0.717, 1.165) is 16.9 Å². The van der Waals surface area contributed by atoms with Crippen LogP contribution >= 0.6 is 0 Å². The summed E-state index contributed by atoms with van der Waals surface area (Å²) in [5.74, 6) is 0.599. The zero-order valence-electron chi connectivity index (χ0n) is 11.7. The lowest BCUT2D eigenvalue weighted by molar-refractivity contribution is -0.123. The summed E-state index contributed by atoms with van der Waals surface area (Å²) in [4.78, 5) is 15.5. The molecule has 0 aliphatic heterocycles. The summed E-state index contributed by atoms with van der Waals surface area (Å²) in [5, 5.41) is 6.72. The Morgan fingerprint density at radius 1 is 1.40 bits per heavy atom. The number of amides is 1. The normalized spacial score (nSPS) is 10.3. The van der Waals surface area contributed by atoms with Crippen LogP contribution in [0.1, 0.15) is 11.1 Å². The molecule has 106 valence electrons. The maximum Gasteiger partial charge on any atom is 0.258 e. The Balaban J connectivity index is 1.73. The highest BCUT2D eigenvalue weighted by molar-refractivity contribution is 5.77. The Bertz CT molecular complexity index is 567. The maximum atomic E-state index is 11.7. The number of rotatable bonds is 6. The summed E-state index contributed by atoms with van der Waals surface area (Å²) < 4.78 is 7.18. The summed E-state index contributed by atoms with van der Waals surface area (Å²) in [6.45, 7) is 5.10. The number of carbonyl (C=O) groups is 1. The van der Waals surface area contributed by atoms with Crippen molar-refractivity contribution in [1.82, 2.24) is 20.1 Å². The van der Waals surface area contributed by atoms with Gasteiger partial charge in [0.1, 0.15) is 18.4 Å². The zero-order valence-corrected chi connectivity index (χ0v) is 11.7. The molecule has 0 saturated carbocycles. The van der Waals surface area contributed by atoms with Gasteiger partial charge in [0.2, 0.25) is 0 Å². The summed E-state index contributed by atoms with van der Waals surface area (Å²) in [5.41, 5.74) is 2.21. The van der Waals surface area contributed by atoms with Crippen LogP contribution in [0.15, 0.2) is 30.9 Å². The van der Waals surface area contributed by atoms with Crippen LogP contribution in [-0.2, 0) is 11.3 Å². The molecule has 1 aromatic carbocycles. The molecule has 0 radical (unpaired) electrons. The van der Waals surface area contributed by atoms with Crippen molar-refractivity contribution in [3.8, 4) is 5.75 Å². The van der Waals surface area contributed by atoms with Crippen molar-refractivity contribution in [3.05, 3.63) is 42.0 Å². The van der Waals surface area contributed by atoms with Gasteiger partial charge in [-0.1, -0.05) is 12.1 Å². The minimum atomic E-state index is -0.147. The third-order valence-corrected chi connectivity index (χ3v) is 3.04. The minimum Gasteiger partial charge on any atom is -0.483 e. The Hall–Kier alpha value is -2.37. The van der Waals surface area contributed by atoms with Gasteiger partial charge in [-0.25, -0.2) is 4.98 Å². The van der Waals surface area contributed by atoms with Gasteiger partial charge < -0.3 is 10.1 Å². The predicted molar refractivity (Wildman–Crippen MR) is 74.4 cm³/mol. The molecule has 20 heavy (non-hydrogen) atoms. The lowest BCUT2D eigenvalue weighted by Gasteiger charge is -2.11. The largest absolute Gasteiger partial charge is 0.483 e. The second-order valence-electron chi connectivity index (χ2n) is 4.50. The first kappa shape index (κ1) is 14.0. The average Bonchev–Trinajstić information content (AvgIpc) is 2.94. The van der Waals surface area contributed by atoms with Crippen molar-refractivity contribution >= 4 is 5.91 Å². The molecular formula is C14H18N4O2. The summed E-state index contributed by atoms with van der Waals surface area (Å²) in [7, 11) is 0. The Labute approximate surface area is 117 Å². The molecule has 6 nitrogen and oxygen atoms in total. The second kappa shape index (κ2) is 6.70. The van der Waals surface area contributed by atoms with E-state index in [2.05, 4.69) is 15.4 Å². The summed E-state index contributed by atoms with van der Waals surface area (Å²) in [6, 6.07) is 5.80. The molecule has 0 saturated heterocycles. The van der Waals surface area contributed by atoms with Gasteiger partial charge in [-0.05, 0) is 31.0 Å². The number of aryl methyl sites for hydroxylation is 1. The topological polar surface area (TPSA) is 69.0 Å². The lowest BCUT2D eigenvalue weighted by atomic mass is 10.1. The zero-order chi connectivity index (χ0) is 14.4. The van der Waals surface area contributed by atoms with Gasteiger partial charge >= 0.3 is 0 Å². The summed E-state index contributed by atoms with van der Waals surface area (Å²) in [6.07, 6.45) is 3.07. The van der Waals surface area contributed by atoms with Crippen molar-refractivity contribution in [2.45, 2.75) is 20.4 Å². The standard InChI is InChI=1S/C14H18N4O2/c1-11-4-3-5-13(12(11)2)20-8-14(19)16-6-7-18-10-15-9-17-18/h3-5,9-10H,6-8H2,1-2H3,(H,16,19). The van der Waals surface area contributed by atoms with Crippen LogP contribution < -0.4 is 10.1 Å². The van der Waals surface area contributed by atoms with Gasteiger partial charge in [0.05, 0.1) is 6.54 Å². The van der Waals surface area contributed by atoms with Crippen LogP contribution in [0.2, 0.25) is 0 Å². The number of nitrogens with one attached hydrogen (secondary N) is 1. The van der Waals surface area contributed by atoms with Crippen molar-refractivity contribution in [2.24, 2.45) is 0 Å². The summed E-state index contributed by atoms with van der Waals surface area (Å²) >= 11 is 0. The third-order valence-electron chi connectivity index (χ3n) is 3.04. The van der Waals surface area contributed by atoms with E-state index in [0.29, 0.717) is 13.1 Å². The van der Waals surface area contributed by atoms with Crippen LogP contribution in [0.5, 0.6) is 5.75 Å². The number of aromatic nitrogens is 3. The molecule has 0 fully saturated rings. The van der Waals surface area contributed by atoms with Gasteiger partial charge in [0, 0.05) is 6.54 Å². The molecule has 0 spiro atoms. The van der Waals surface area contributed by atoms with E-state index in [1.165, 1.54) is 6.33 Å². The monoisotopic (exact) mass is 274 g/mol. The Morgan fingerprint density at radius 3 is 3.00 bits per heavy atom. The van der Waals surface area contributed by atoms with E-state index in [1.54, 1.807) is 11.0 Å². The van der Waals surface area contributed by atoms with Crippen LogP contribution in [0.25, 0.3) is 0 Å². The third kappa shape index (κ3) is 3.81. The molecular weight excluding hydrogens is 256 g/mol. The highest BCUT2D eigenvalue weighted by Crippen LogP contribution is 2.20. The highest BCUT2D eigenvalue weighted by Gasteiger charge is 2.05. The fourth-order valence-electron chi connectivity index (χ4n) is 1.73. The van der Waals surface area contributed by atoms with E-state index < -0.39 is 0 Å². The molecule has 2 rings (SSSR count). The number of benzene rings is 1. The average molecular weight is 274 g/mol. The molecule has 1 amide bonds. The Kier molecular flexibility index (Phi) is 4.70. The molecule has 0 aliphatic rings. The molecule has 1 aromatic heterocycles. The SMILES string of the molecule is Cc1cccc(OCC(=O)NCCn2cncn2)c1C.